The second kappa shape index (κ2) is 16.9. The maximum Gasteiger partial charge on any atom is 0.306 e. The molecule has 11 heteroatoms. The monoisotopic (exact) mass is 714 g/mol. The predicted octanol–water partition coefficient (Wildman–Crippen LogP) is 4.81. The fourth-order valence-electron chi connectivity index (χ4n) is 8.32. The van der Waals surface area contributed by atoms with Crippen molar-refractivity contribution in [3.63, 3.8) is 0 Å². The van der Waals surface area contributed by atoms with Crippen molar-refractivity contribution < 1.29 is 33.8 Å². The Morgan fingerprint density at radius 1 is 1.06 bits per heavy atom. The van der Waals surface area contributed by atoms with Crippen LogP contribution in [0.3, 0.4) is 0 Å². The Hall–Kier alpha value is -4.48. The number of allylic oxidation sites excluding steroid dienone is 1. The third-order valence-corrected chi connectivity index (χ3v) is 10.9. The Balaban J connectivity index is 1.49. The van der Waals surface area contributed by atoms with Gasteiger partial charge >= 0.3 is 5.97 Å². The average Bonchev–Trinajstić information content (AvgIpc) is 3.80. The van der Waals surface area contributed by atoms with Crippen LogP contribution in [0.5, 0.6) is 0 Å². The van der Waals surface area contributed by atoms with Crippen molar-refractivity contribution in [2.75, 3.05) is 42.6 Å². The van der Waals surface area contributed by atoms with Crippen molar-refractivity contribution in [1.82, 2.24) is 10.2 Å². The number of amides is 3. The lowest BCUT2D eigenvalue weighted by Crippen LogP contribution is -2.59. The van der Waals surface area contributed by atoms with Crippen LogP contribution in [0.1, 0.15) is 65.0 Å². The third kappa shape index (κ3) is 7.39. The van der Waals surface area contributed by atoms with Crippen LogP contribution in [0.2, 0.25) is 0 Å². The van der Waals surface area contributed by atoms with Crippen LogP contribution in [0, 0.1) is 17.8 Å². The molecular weight excluding hydrogens is 660 g/mol. The normalized spacial score (nSPS) is 24.3. The Labute approximate surface area is 307 Å². The van der Waals surface area contributed by atoms with E-state index in [0.717, 1.165) is 24.3 Å². The second-order valence-electron chi connectivity index (χ2n) is 14.2. The summed E-state index contributed by atoms with van der Waals surface area (Å²) in [4.78, 5) is 61.9. The molecule has 3 amide bonds. The lowest BCUT2D eigenvalue weighted by molar-refractivity contribution is -0.147. The number of carbonyl (C=O) groups is 4. The van der Waals surface area contributed by atoms with Gasteiger partial charge in [0.05, 0.1) is 36.6 Å². The van der Waals surface area contributed by atoms with Gasteiger partial charge in [-0.2, -0.15) is 0 Å². The highest BCUT2D eigenvalue weighted by atomic mass is 16.5. The lowest BCUT2D eigenvalue weighted by atomic mass is 9.70. The number of hydrogen-bond acceptors (Lipinski definition) is 8. The van der Waals surface area contributed by atoms with Gasteiger partial charge in [0.25, 0.3) is 5.91 Å². The van der Waals surface area contributed by atoms with Crippen LogP contribution in [-0.4, -0.2) is 90.3 Å². The minimum absolute atomic E-state index is 0.0928. The SMILES string of the molecule is C=CCCC(=O)OC[C@@H](NC(=O)[C@@H]1[C@@H]2CC[C@]3(O2)[C@H](C(=O)N(CC=C)c2ccc(N(CC)CC)cc2)N([C@@H](CO)C(C)C)C(=O)[C@@H]13)c1ccccc1. The number of nitrogens with one attached hydrogen (secondary N) is 1. The van der Waals surface area contributed by atoms with Gasteiger partial charge in [0.15, 0.2) is 0 Å². The average molecular weight is 715 g/mol. The van der Waals surface area contributed by atoms with Crippen LogP contribution in [0.15, 0.2) is 79.9 Å². The van der Waals surface area contributed by atoms with Crippen molar-refractivity contribution in [2.24, 2.45) is 17.8 Å². The molecular formula is C41H54N4O7. The van der Waals surface area contributed by atoms with E-state index < -0.39 is 53.5 Å². The summed E-state index contributed by atoms with van der Waals surface area (Å²) >= 11 is 0. The Kier molecular flexibility index (Phi) is 12.6. The summed E-state index contributed by atoms with van der Waals surface area (Å²) in [6.45, 7) is 17.0. The predicted molar refractivity (Wildman–Crippen MR) is 200 cm³/mol. The van der Waals surface area contributed by atoms with Crippen LogP contribution < -0.4 is 15.1 Å². The molecule has 3 aliphatic heterocycles. The molecule has 52 heavy (non-hydrogen) atoms. The molecule has 0 aliphatic carbocycles. The van der Waals surface area contributed by atoms with Gasteiger partial charge in [-0.1, -0.05) is 56.3 Å². The first-order valence-electron chi connectivity index (χ1n) is 18.6. The van der Waals surface area contributed by atoms with Gasteiger partial charge in [-0.05, 0) is 68.9 Å². The minimum Gasteiger partial charge on any atom is -0.463 e. The zero-order chi connectivity index (χ0) is 37.6. The summed E-state index contributed by atoms with van der Waals surface area (Å²) in [5.41, 5.74) is 1.14. The molecule has 0 saturated carbocycles. The number of ether oxygens (including phenoxy) is 2. The highest BCUT2D eigenvalue weighted by Gasteiger charge is 2.75. The topological polar surface area (TPSA) is 129 Å². The van der Waals surface area contributed by atoms with E-state index in [1.165, 1.54) is 4.90 Å². The minimum atomic E-state index is -1.27. The van der Waals surface area contributed by atoms with Gasteiger partial charge in [-0.25, -0.2) is 0 Å². The van der Waals surface area contributed by atoms with Crippen molar-refractivity contribution in [3.05, 3.63) is 85.5 Å². The van der Waals surface area contributed by atoms with Gasteiger partial charge in [0.1, 0.15) is 18.2 Å². The fourth-order valence-corrected chi connectivity index (χ4v) is 8.32. The Bertz CT molecular complexity index is 1590. The van der Waals surface area contributed by atoms with E-state index in [0.29, 0.717) is 24.9 Å². The molecule has 3 heterocycles. The molecule has 3 aliphatic rings. The largest absolute Gasteiger partial charge is 0.463 e. The third-order valence-electron chi connectivity index (χ3n) is 10.9. The molecule has 5 rings (SSSR count). The molecule has 2 aromatic carbocycles. The number of rotatable bonds is 18. The first kappa shape index (κ1) is 38.7. The van der Waals surface area contributed by atoms with E-state index in [2.05, 4.69) is 37.2 Å². The van der Waals surface area contributed by atoms with Crippen LogP contribution in [0.25, 0.3) is 0 Å². The van der Waals surface area contributed by atoms with E-state index >= 15 is 4.79 Å². The number of fused-ring (bicyclic) bond motifs is 1. The quantitative estimate of drug-likeness (QED) is 0.166. The number of esters is 1. The number of nitrogens with zero attached hydrogens (tertiary/aromatic N) is 3. The Morgan fingerprint density at radius 2 is 1.73 bits per heavy atom. The maximum absolute atomic E-state index is 15.0. The maximum atomic E-state index is 15.0. The first-order chi connectivity index (χ1) is 25.1. The van der Waals surface area contributed by atoms with Crippen LogP contribution in [-0.2, 0) is 28.7 Å². The molecule has 3 fully saturated rings. The molecule has 0 radical (unpaired) electrons. The summed E-state index contributed by atoms with van der Waals surface area (Å²) in [7, 11) is 0. The molecule has 1 spiro atoms. The van der Waals surface area contributed by atoms with Gasteiger partial charge in [0, 0.05) is 37.4 Å². The van der Waals surface area contributed by atoms with Crippen LogP contribution in [0.4, 0.5) is 11.4 Å². The van der Waals surface area contributed by atoms with Crippen molar-refractivity contribution in [1.29, 1.82) is 0 Å². The number of anilines is 2. The van der Waals surface area contributed by atoms with Gasteiger partial charge < -0.3 is 34.6 Å². The summed E-state index contributed by atoms with van der Waals surface area (Å²) in [5.74, 6) is -3.57. The standard InChI is InChI=1S/C41H54N4O7/c1-7-11-17-34(47)51-26-31(28-15-13-12-14-16-28)42-38(48)35-33-22-23-41(52-33)36(35)39(49)45(32(25-46)27(5)6)37(41)40(50)44(24-8-2)30-20-18-29(19-21-30)43(9-3)10-4/h7-8,12-16,18-21,27,31-33,35-37,46H,1-2,9-11,17,22-26H2,3-6H3,(H,42,48)/t31-,32+,33+,35-,36-,37+,41-/m1/s1. The van der Waals surface area contributed by atoms with Gasteiger partial charge in [-0.3, -0.25) is 19.2 Å². The van der Waals surface area contributed by atoms with Gasteiger partial charge in [-0.15, -0.1) is 13.2 Å². The van der Waals surface area contributed by atoms with Crippen molar-refractivity contribution >= 4 is 35.1 Å². The zero-order valence-corrected chi connectivity index (χ0v) is 30.9. The second-order valence-corrected chi connectivity index (χ2v) is 14.2. The zero-order valence-electron chi connectivity index (χ0n) is 30.9. The molecule has 2 N–H and O–H groups in total. The van der Waals surface area contributed by atoms with Crippen molar-refractivity contribution in [2.45, 2.75) is 83.2 Å². The summed E-state index contributed by atoms with van der Waals surface area (Å²) < 4.78 is 12.3. The molecule has 280 valence electrons. The molecule has 11 nitrogen and oxygen atoms in total. The van der Waals surface area contributed by atoms with Crippen molar-refractivity contribution in [3.8, 4) is 0 Å². The number of likely N-dealkylation sites (tertiary alicyclic amines) is 1. The number of carbonyl (C=O) groups excluding carboxylic acids is 4. The molecule has 0 aromatic heterocycles. The molecule has 0 unspecified atom stereocenters. The Morgan fingerprint density at radius 3 is 2.33 bits per heavy atom. The number of aliphatic hydroxyl groups excluding tert-OH is 1. The van der Waals surface area contributed by atoms with E-state index in [9.17, 15) is 19.5 Å². The smallest absolute Gasteiger partial charge is 0.306 e. The fraction of sp³-hybridized carbons (Fsp3) is 0.512. The van der Waals surface area contributed by atoms with E-state index in [1.807, 2.05) is 68.4 Å². The first-order valence-corrected chi connectivity index (χ1v) is 18.6. The molecule has 2 bridgehead atoms. The molecule has 7 atom stereocenters. The van der Waals surface area contributed by atoms with Gasteiger partial charge in [0.2, 0.25) is 11.8 Å². The highest BCUT2D eigenvalue weighted by molar-refractivity contribution is 6.05. The summed E-state index contributed by atoms with van der Waals surface area (Å²) in [5, 5.41) is 13.7. The summed E-state index contributed by atoms with van der Waals surface area (Å²) in [6.07, 6.45) is 4.24. The number of aliphatic hydroxyl groups is 1. The summed E-state index contributed by atoms with van der Waals surface area (Å²) in [6, 6.07) is 14.5. The van der Waals surface area contributed by atoms with E-state index in [-0.39, 0.29) is 43.9 Å². The van der Waals surface area contributed by atoms with E-state index in [4.69, 9.17) is 9.47 Å². The number of hydrogen-bond donors (Lipinski definition) is 2. The highest BCUT2D eigenvalue weighted by Crippen LogP contribution is 2.59. The van der Waals surface area contributed by atoms with E-state index in [1.54, 1.807) is 17.1 Å². The lowest BCUT2D eigenvalue weighted by Gasteiger charge is -2.40. The molecule has 2 aromatic rings. The van der Waals surface area contributed by atoms with Crippen LogP contribution >= 0.6 is 0 Å². The number of benzene rings is 2. The molecule has 3 saturated heterocycles.